The predicted molar refractivity (Wildman–Crippen MR) is 78.3 cm³/mol. The molecule has 2 aromatic rings. The van der Waals surface area contributed by atoms with Gasteiger partial charge in [-0.15, -0.1) is 0 Å². The first-order chi connectivity index (χ1) is 11.9. The third-order valence-electron chi connectivity index (χ3n) is 3.41. The maximum absolute atomic E-state index is 13.4. The number of nitrogens with zero attached hydrogens (tertiary/aromatic N) is 1. The van der Waals surface area contributed by atoms with Crippen LogP contribution in [0.1, 0.15) is 21.7 Å². The van der Waals surface area contributed by atoms with Crippen LogP contribution < -0.4 is 10.6 Å². The Morgan fingerprint density at radius 1 is 1.00 bits per heavy atom. The van der Waals surface area contributed by atoms with E-state index in [0.29, 0.717) is 5.56 Å². The average Bonchev–Trinajstić information content (AvgIpc) is 2.90. The quantitative estimate of drug-likeness (QED) is 0.622. The summed E-state index contributed by atoms with van der Waals surface area (Å²) >= 11 is 0. The van der Waals surface area contributed by atoms with Gasteiger partial charge in [-0.3, -0.25) is 4.79 Å². The van der Waals surface area contributed by atoms with E-state index in [2.05, 4.69) is 9.68 Å². The highest BCUT2D eigenvalue weighted by atomic mass is 19.4. The Morgan fingerprint density at radius 3 is 1.96 bits per heavy atom. The molecule has 0 atom stereocenters. The number of carbonyl (C=O) groups is 1. The predicted octanol–water partition coefficient (Wildman–Crippen LogP) is 3.95. The smallest absolute Gasteiger partial charge is 0.360 e. The van der Waals surface area contributed by atoms with Crippen LogP contribution in [0.25, 0.3) is 0 Å². The molecule has 0 unspecified atom stereocenters. The number of alkyl halides is 6. The molecule has 2 rings (SSSR count). The molecule has 0 bridgehead atoms. The van der Waals surface area contributed by atoms with Gasteiger partial charge in [-0.1, -0.05) is 22.9 Å². The standard InChI is InChI=1S/C15H13F6N3O2/c1-8-3-5-10(6-4-8)12(25)23-13(14(16,17)18,15(19,20)21)22-11-7-9(2)26-24-11/h3-7H,1-2H3,(H,22,24)(H,23,25). The SMILES string of the molecule is Cc1ccc(C(=O)NC(Nc2cc(C)on2)(C(F)(F)F)C(F)(F)F)cc1. The lowest BCUT2D eigenvalue weighted by Crippen LogP contribution is -2.72. The lowest BCUT2D eigenvalue weighted by Gasteiger charge is -2.38. The van der Waals surface area contributed by atoms with Crippen LogP contribution in [-0.2, 0) is 0 Å². The normalized spacial score (nSPS) is 12.8. The maximum Gasteiger partial charge on any atom is 0.439 e. The van der Waals surface area contributed by atoms with Crippen LogP contribution in [0.2, 0.25) is 0 Å². The van der Waals surface area contributed by atoms with E-state index < -0.39 is 29.7 Å². The number of halogens is 6. The topological polar surface area (TPSA) is 67.2 Å². The molecule has 0 saturated carbocycles. The highest BCUT2D eigenvalue weighted by molar-refractivity contribution is 5.95. The van der Waals surface area contributed by atoms with Gasteiger partial charge in [0.15, 0.2) is 5.82 Å². The van der Waals surface area contributed by atoms with Crippen LogP contribution in [-0.4, -0.2) is 29.1 Å². The van der Waals surface area contributed by atoms with Gasteiger partial charge in [-0.2, -0.15) is 26.3 Å². The Bertz CT molecular complexity index is 766. The van der Waals surface area contributed by atoms with Crippen molar-refractivity contribution < 1.29 is 35.7 Å². The number of anilines is 1. The van der Waals surface area contributed by atoms with Crippen molar-refractivity contribution in [2.24, 2.45) is 0 Å². The van der Waals surface area contributed by atoms with Crippen molar-refractivity contribution in [3.63, 3.8) is 0 Å². The minimum absolute atomic E-state index is 0.0180. The number of nitrogens with one attached hydrogen (secondary N) is 2. The van der Waals surface area contributed by atoms with Gasteiger partial charge in [0.1, 0.15) is 5.76 Å². The number of hydrogen-bond donors (Lipinski definition) is 2. The zero-order valence-electron chi connectivity index (χ0n) is 13.4. The van der Waals surface area contributed by atoms with Crippen LogP contribution in [0.4, 0.5) is 32.2 Å². The minimum atomic E-state index is -5.93. The van der Waals surface area contributed by atoms with E-state index in [1.165, 1.54) is 24.4 Å². The second-order valence-electron chi connectivity index (χ2n) is 5.51. The largest absolute Gasteiger partial charge is 0.439 e. The first-order valence-corrected chi connectivity index (χ1v) is 7.10. The van der Waals surface area contributed by atoms with Gasteiger partial charge in [0.2, 0.25) is 0 Å². The van der Waals surface area contributed by atoms with Gasteiger partial charge in [0, 0.05) is 11.6 Å². The molecule has 1 aromatic carbocycles. The number of benzene rings is 1. The van der Waals surface area contributed by atoms with E-state index in [1.807, 2.05) is 0 Å². The molecule has 2 N–H and O–H groups in total. The van der Waals surface area contributed by atoms with Crippen LogP contribution in [0.3, 0.4) is 0 Å². The second kappa shape index (κ2) is 6.54. The monoisotopic (exact) mass is 381 g/mol. The summed E-state index contributed by atoms with van der Waals surface area (Å²) < 4.78 is 85.2. The molecule has 0 aliphatic carbocycles. The summed E-state index contributed by atoms with van der Waals surface area (Å²) in [6, 6.07) is 5.83. The van der Waals surface area contributed by atoms with Crippen molar-refractivity contribution >= 4 is 11.7 Å². The summed E-state index contributed by atoms with van der Waals surface area (Å²) in [5, 5.41) is 5.32. The first kappa shape index (κ1) is 19.6. The highest BCUT2D eigenvalue weighted by Gasteiger charge is 2.73. The minimum Gasteiger partial charge on any atom is -0.360 e. The van der Waals surface area contributed by atoms with Crippen molar-refractivity contribution in [2.75, 3.05) is 5.32 Å². The summed E-state index contributed by atoms with van der Waals surface area (Å²) in [6.07, 6.45) is -11.9. The maximum atomic E-state index is 13.4. The Kier molecular flexibility index (Phi) is 4.93. The molecule has 1 aromatic heterocycles. The Balaban J connectivity index is 2.47. The fourth-order valence-electron chi connectivity index (χ4n) is 2.04. The lowest BCUT2D eigenvalue weighted by molar-refractivity contribution is -0.294. The summed E-state index contributed by atoms with van der Waals surface area (Å²) in [6.45, 7) is 2.93. The summed E-state index contributed by atoms with van der Waals surface area (Å²) in [5.74, 6) is -2.41. The highest BCUT2D eigenvalue weighted by Crippen LogP contribution is 2.43. The molecular formula is C15H13F6N3O2. The molecule has 142 valence electrons. The number of rotatable bonds is 4. The fraction of sp³-hybridized carbons (Fsp3) is 0.333. The van der Waals surface area contributed by atoms with Crippen LogP contribution in [0.5, 0.6) is 0 Å². The molecule has 0 spiro atoms. The number of hydrogen-bond acceptors (Lipinski definition) is 4. The molecule has 0 fully saturated rings. The van der Waals surface area contributed by atoms with Gasteiger partial charge in [-0.05, 0) is 26.0 Å². The average molecular weight is 381 g/mol. The van der Waals surface area contributed by atoms with Gasteiger partial charge >= 0.3 is 18.0 Å². The van der Waals surface area contributed by atoms with E-state index in [-0.39, 0.29) is 11.3 Å². The van der Waals surface area contributed by atoms with Gasteiger partial charge in [-0.25, -0.2) is 0 Å². The van der Waals surface area contributed by atoms with E-state index in [1.54, 1.807) is 6.92 Å². The van der Waals surface area contributed by atoms with Crippen molar-refractivity contribution in [1.82, 2.24) is 10.5 Å². The molecule has 1 heterocycles. The van der Waals surface area contributed by atoms with E-state index in [4.69, 9.17) is 0 Å². The summed E-state index contributed by atoms with van der Waals surface area (Å²) in [7, 11) is 0. The molecule has 1 amide bonds. The number of amides is 1. The van der Waals surface area contributed by atoms with Crippen molar-refractivity contribution in [2.45, 2.75) is 31.9 Å². The Morgan fingerprint density at radius 2 is 1.54 bits per heavy atom. The number of aryl methyl sites for hydroxylation is 2. The van der Waals surface area contributed by atoms with E-state index in [0.717, 1.165) is 23.5 Å². The molecular weight excluding hydrogens is 368 g/mol. The van der Waals surface area contributed by atoms with Gasteiger partial charge in [0.25, 0.3) is 5.91 Å². The van der Waals surface area contributed by atoms with Gasteiger partial charge in [0.05, 0.1) is 0 Å². The molecule has 0 saturated heterocycles. The Hall–Kier alpha value is -2.72. The van der Waals surface area contributed by atoms with E-state index in [9.17, 15) is 31.1 Å². The van der Waals surface area contributed by atoms with Crippen molar-refractivity contribution in [3.05, 3.63) is 47.2 Å². The fourth-order valence-corrected chi connectivity index (χ4v) is 2.04. The number of aromatic nitrogens is 1. The zero-order valence-corrected chi connectivity index (χ0v) is 13.4. The van der Waals surface area contributed by atoms with Crippen LogP contribution >= 0.6 is 0 Å². The number of carbonyl (C=O) groups excluding carboxylic acids is 1. The molecule has 0 aliphatic rings. The molecule has 0 aliphatic heterocycles. The third-order valence-corrected chi connectivity index (χ3v) is 3.41. The van der Waals surface area contributed by atoms with Crippen LogP contribution in [0, 0.1) is 13.8 Å². The first-order valence-electron chi connectivity index (χ1n) is 7.10. The van der Waals surface area contributed by atoms with Gasteiger partial charge < -0.3 is 15.2 Å². The second-order valence-corrected chi connectivity index (χ2v) is 5.51. The lowest BCUT2D eigenvalue weighted by atomic mass is 10.1. The molecule has 26 heavy (non-hydrogen) atoms. The van der Waals surface area contributed by atoms with E-state index >= 15 is 0 Å². The van der Waals surface area contributed by atoms with Crippen LogP contribution in [0.15, 0.2) is 34.9 Å². The van der Waals surface area contributed by atoms with Crippen molar-refractivity contribution in [3.8, 4) is 0 Å². The summed E-state index contributed by atoms with van der Waals surface area (Å²) in [5.41, 5.74) is -4.45. The zero-order chi connectivity index (χ0) is 19.8. The third kappa shape index (κ3) is 3.75. The van der Waals surface area contributed by atoms with Crippen molar-refractivity contribution in [1.29, 1.82) is 0 Å². The summed E-state index contributed by atoms with van der Waals surface area (Å²) in [4.78, 5) is 12.1. The molecule has 5 nitrogen and oxygen atoms in total. The molecule has 11 heteroatoms. The molecule has 0 radical (unpaired) electrons. The Labute approximate surface area is 143 Å².